The fraction of sp³-hybridized carbons (Fsp3) is 0.846. The summed E-state index contributed by atoms with van der Waals surface area (Å²) in [6, 6.07) is -0.520. The Morgan fingerprint density at radius 3 is 2.58 bits per heavy atom. The lowest BCUT2D eigenvalue weighted by Gasteiger charge is -2.39. The molecule has 1 heterocycles. The third-order valence-corrected chi connectivity index (χ3v) is 3.61. The van der Waals surface area contributed by atoms with Crippen molar-refractivity contribution in [3.63, 3.8) is 0 Å². The molecule has 110 valence electrons. The number of ether oxygens (including phenoxy) is 1. The molecule has 0 saturated carbocycles. The number of carbonyl (C=O) groups is 2. The van der Waals surface area contributed by atoms with Crippen LogP contribution in [0.15, 0.2) is 0 Å². The van der Waals surface area contributed by atoms with E-state index in [9.17, 15) is 9.59 Å². The summed E-state index contributed by atoms with van der Waals surface area (Å²) >= 11 is 0. The van der Waals surface area contributed by atoms with Crippen LogP contribution in [0.3, 0.4) is 0 Å². The van der Waals surface area contributed by atoms with E-state index in [0.717, 1.165) is 0 Å². The maximum Gasteiger partial charge on any atom is 0.305 e. The maximum atomic E-state index is 12.3. The van der Waals surface area contributed by atoms with Crippen LogP contribution in [-0.2, 0) is 14.3 Å². The molecule has 2 unspecified atom stereocenters. The van der Waals surface area contributed by atoms with Crippen molar-refractivity contribution in [2.75, 3.05) is 32.8 Å². The Morgan fingerprint density at radius 1 is 1.42 bits per heavy atom. The summed E-state index contributed by atoms with van der Waals surface area (Å²) in [4.78, 5) is 26.9. The summed E-state index contributed by atoms with van der Waals surface area (Å²) < 4.78 is 5.33. The molecule has 1 rings (SSSR count). The van der Waals surface area contributed by atoms with Gasteiger partial charge in [-0.15, -0.1) is 0 Å². The minimum absolute atomic E-state index is 0.00979. The second kappa shape index (κ2) is 7.45. The molecule has 0 aromatic carbocycles. The van der Waals surface area contributed by atoms with Crippen LogP contribution < -0.4 is 0 Å². The van der Waals surface area contributed by atoms with Crippen molar-refractivity contribution in [3.05, 3.63) is 0 Å². The molecule has 0 radical (unpaired) electrons. The van der Waals surface area contributed by atoms with Gasteiger partial charge in [0.05, 0.1) is 25.7 Å². The second-order valence-corrected chi connectivity index (χ2v) is 4.75. The van der Waals surface area contributed by atoms with Crippen molar-refractivity contribution in [1.29, 1.82) is 0 Å². The first-order chi connectivity index (χ1) is 9.01. The molecule has 0 spiro atoms. The van der Waals surface area contributed by atoms with Crippen LogP contribution in [0.5, 0.6) is 0 Å². The molecule has 1 N–H and O–H groups in total. The summed E-state index contributed by atoms with van der Waals surface area (Å²) in [5, 5.41) is 8.93. The zero-order valence-corrected chi connectivity index (χ0v) is 12.0. The highest BCUT2D eigenvalue weighted by molar-refractivity contribution is 5.81. The molecule has 1 aliphatic rings. The Morgan fingerprint density at radius 2 is 2.05 bits per heavy atom. The van der Waals surface area contributed by atoms with Crippen molar-refractivity contribution in [3.8, 4) is 0 Å². The molecule has 6 heteroatoms. The quantitative estimate of drug-likeness (QED) is 0.759. The van der Waals surface area contributed by atoms with Crippen molar-refractivity contribution in [2.24, 2.45) is 0 Å². The summed E-state index contributed by atoms with van der Waals surface area (Å²) in [5.41, 5.74) is 0. The number of carboxylic acid groups (broad SMARTS) is 1. The van der Waals surface area contributed by atoms with Crippen LogP contribution in [0.25, 0.3) is 0 Å². The molecule has 0 aliphatic carbocycles. The average Bonchev–Trinajstić information content (AvgIpc) is 2.39. The standard InChI is InChI=1S/C13H24N2O4/c1-4-14(5-2)13(18)10(3)15-6-7-19-9-11(15)8-12(16)17/h10-11H,4-9H2,1-3H3,(H,16,17). The van der Waals surface area contributed by atoms with E-state index in [0.29, 0.717) is 32.8 Å². The van der Waals surface area contributed by atoms with Gasteiger partial charge in [-0.2, -0.15) is 0 Å². The number of hydrogen-bond donors (Lipinski definition) is 1. The van der Waals surface area contributed by atoms with Crippen molar-refractivity contribution in [2.45, 2.75) is 39.3 Å². The van der Waals surface area contributed by atoms with Gasteiger partial charge in [0.25, 0.3) is 0 Å². The molecule has 2 atom stereocenters. The molecule has 1 fully saturated rings. The van der Waals surface area contributed by atoms with Crippen LogP contribution in [-0.4, -0.2) is 71.7 Å². The van der Waals surface area contributed by atoms with Crippen LogP contribution >= 0.6 is 0 Å². The van der Waals surface area contributed by atoms with E-state index >= 15 is 0 Å². The largest absolute Gasteiger partial charge is 0.481 e. The number of amides is 1. The number of rotatable bonds is 6. The average molecular weight is 272 g/mol. The number of carboxylic acids is 1. The highest BCUT2D eigenvalue weighted by atomic mass is 16.5. The van der Waals surface area contributed by atoms with Gasteiger partial charge in [-0.3, -0.25) is 14.5 Å². The van der Waals surface area contributed by atoms with Gasteiger partial charge >= 0.3 is 5.97 Å². The molecule has 0 aromatic heterocycles. The first-order valence-electron chi connectivity index (χ1n) is 6.85. The first kappa shape index (κ1) is 15.9. The molecule has 0 bridgehead atoms. The molecular formula is C13H24N2O4. The van der Waals surface area contributed by atoms with Crippen LogP contribution in [0.4, 0.5) is 0 Å². The lowest BCUT2D eigenvalue weighted by atomic mass is 10.1. The van der Waals surface area contributed by atoms with Gasteiger partial charge in [-0.05, 0) is 20.8 Å². The van der Waals surface area contributed by atoms with E-state index in [-0.39, 0.29) is 24.4 Å². The number of nitrogens with zero attached hydrogens (tertiary/aromatic N) is 2. The minimum atomic E-state index is -0.858. The van der Waals surface area contributed by atoms with Crippen molar-refractivity contribution in [1.82, 2.24) is 9.80 Å². The van der Waals surface area contributed by atoms with Gasteiger partial charge in [-0.1, -0.05) is 0 Å². The van der Waals surface area contributed by atoms with E-state index in [4.69, 9.17) is 9.84 Å². The van der Waals surface area contributed by atoms with Crippen molar-refractivity contribution >= 4 is 11.9 Å². The predicted molar refractivity (Wildman–Crippen MR) is 71.0 cm³/mol. The van der Waals surface area contributed by atoms with Gasteiger partial charge in [0.2, 0.25) is 5.91 Å². The van der Waals surface area contributed by atoms with E-state index < -0.39 is 5.97 Å². The Balaban J connectivity index is 2.73. The topological polar surface area (TPSA) is 70.1 Å². The Bertz CT molecular complexity index is 318. The van der Waals surface area contributed by atoms with Gasteiger partial charge < -0.3 is 14.7 Å². The first-order valence-corrected chi connectivity index (χ1v) is 6.85. The van der Waals surface area contributed by atoms with Gasteiger partial charge in [0.15, 0.2) is 0 Å². The molecule has 0 aromatic rings. The van der Waals surface area contributed by atoms with E-state index in [1.165, 1.54) is 0 Å². The van der Waals surface area contributed by atoms with Crippen LogP contribution in [0, 0.1) is 0 Å². The molecule has 1 saturated heterocycles. The fourth-order valence-corrected chi connectivity index (χ4v) is 2.50. The lowest BCUT2D eigenvalue weighted by molar-refractivity contribution is -0.146. The predicted octanol–water partition coefficient (Wildman–Crippen LogP) is 0.419. The number of morpholine rings is 1. The summed E-state index contributed by atoms with van der Waals surface area (Å²) in [6.07, 6.45) is 0.00979. The number of hydrogen-bond acceptors (Lipinski definition) is 4. The Labute approximate surface area is 114 Å². The Kier molecular flexibility index (Phi) is 6.24. The fourth-order valence-electron chi connectivity index (χ4n) is 2.50. The smallest absolute Gasteiger partial charge is 0.305 e. The number of carbonyl (C=O) groups excluding carboxylic acids is 1. The van der Waals surface area contributed by atoms with Gasteiger partial charge in [0, 0.05) is 25.7 Å². The highest BCUT2D eigenvalue weighted by Gasteiger charge is 2.33. The van der Waals surface area contributed by atoms with Crippen LogP contribution in [0.1, 0.15) is 27.2 Å². The van der Waals surface area contributed by atoms with Gasteiger partial charge in [0.1, 0.15) is 0 Å². The molecule has 6 nitrogen and oxygen atoms in total. The highest BCUT2D eigenvalue weighted by Crippen LogP contribution is 2.16. The third kappa shape index (κ3) is 4.18. The minimum Gasteiger partial charge on any atom is -0.481 e. The Hall–Kier alpha value is -1.14. The maximum absolute atomic E-state index is 12.3. The molecule has 1 aliphatic heterocycles. The monoisotopic (exact) mass is 272 g/mol. The second-order valence-electron chi connectivity index (χ2n) is 4.75. The SMILES string of the molecule is CCN(CC)C(=O)C(C)N1CCOCC1CC(=O)O. The molecular weight excluding hydrogens is 248 g/mol. The van der Waals surface area contributed by atoms with Crippen molar-refractivity contribution < 1.29 is 19.4 Å². The lowest BCUT2D eigenvalue weighted by Crippen LogP contribution is -2.56. The summed E-state index contributed by atoms with van der Waals surface area (Å²) in [5.74, 6) is -0.801. The van der Waals surface area contributed by atoms with E-state index in [1.54, 1.807) is 4.90 Å². The van der Waals surface area contributed by atoms with Gasteiger partial charge in [-0.25, -0.2) is 0 Å². The van der Waals surface area contributed by atoms with E-state index in [2.05, 4.69) is 0 Å². The zero-order valence-electron chi connectivity index (χ0n) is 12.0. The summed E-state index contributed by atoms with van der Waals surface area (Å²) in [7, 11) is 0. The number of aliphatic carboxylic acids is 1. The number of likely N-dealkylation sites (N-methyl/N-ethyl adjacent to an activating group) is 1. The molecule has 1 amide bonds. The molecule has 19 heavy (non-hydrogen) atoms. The normalized spacial score (nSPS) is 21.9. The summed E-state index contributed by atoms with van der Waals surface area (Å²) in [6.45, 7) is 8.62. The van der Waals surface area contributed by atoms with Crippen LogP contribution in [0.2, 0.25) is 0 Å². The zero-order chi connectivity index (χ0) is 14.4. The third-order valence-electron chi connectivity index (χ3n) is 3.61. The van der Waals surface area contributed by atoms with E-state index in [1.807, 2.05) is 25.7 Å².